The molecule has 2 N–H and O–H groups in total. The van der Waals surface area contributed by atoms with Gasteiger partial charge in [-0.25, -0.2) is 8.42 Å². The molecular formula is C19H31IN4O2S. The van der Waals surface area contributed by atoms with Crippen molar-refractivity contribution in [3.8, 4) is 0 Å². The second-order valence-corrected chi connectivity index (χ2v) is 10.1. The number of nitrogens with one attached hydrogen (secondary N) is 2. The van der Waals surface area contributed by atoms with Crippen molar-refractivity contribution in [1.29, 1.82) is 0 Å². The van der Waals surface area contributed by atoms with Gasteiger partial charge in [0.1, 0.15) is 0 Å². The molecule has 0 spiro atoms. The molecule has 1 aromatic heterocycles. The molecule has 27 heavy (non-hydrogen) atoms. The maximum atomic E-state index is 12.1. The largest absolute Gasteiger partial charge is 0.356 e. The van der Waals surface area contributed by atoms with Gasteiger partial charge in [0.15, 0.2) is 15.8 Å². The average molecular weight is 506 g/mol. The summed E-state index contributed by atoms with van der Waals surface area (Å²) in [7, 11) is -1.44. The Bertz CT molecular complexity index is 854. The first-order chi connectivity index (χ1) is 12.2. The molecule has 0 aliphatic carbocycles. The van der Waals surface area contributed by atoms with E-state index in [1.54, 1.807) is 27.8 Å². The van der Waals surface area contributed by atoms with Crippen LogP contribution in [0.1, 0.15) is 27.2 Å². The number of rotatable bonds is 7. The molecule has 1 heterocycles. The fourth-order valence-corrected chi connectivity index (χ4v) is 3.61. The molecule has 0 bridgehead atoms. The van der Waals surface area contributed by atoms with Crippen molar-refractivity contribution >= 4 is 50.7 Å². The van der Waals surface area contributed by atoms with Crippen LogP contribution in [0.3, 0.4) is 0 Å². The lowest BCUT2D eigenvalue weighted by Gasteiger charge is -2.19. The van der Waals surface area contributed by atoms with Crippen LogP contribution < -0.4 is 10.6 Å². The molecule has 8 heteroatoms. The standard InChI is InChI=1S/C19H30N4O2S.HI/c1-19(2,3)26(24,25)15-12-22-18(20-4)21-11-7-13-23-14-10-16-8-5-6-9-17(16)23;/h5-6,8-10,14H,7,11-13,15H2,1-4H3,(H2,20,21,22);1H. The van der Waals surface area contributed by atoms with Crippen LogP contribution >= 0.6 is 24.0 Å². The number of fused-ring (bicyclic) bond motifs is 1. The third kappa shape index (κ3) is 6.67. The molecule has 0 fully saturated rings. The topological polar surface area (TPSA) is 75.5 Å². The molecule has 0 saturated carbocycles. The van der Waals surface area contributed by atoms with E-state index < -0.39 is 14.6 Å². The van der Waals surface area contributed by atoms with E-state index >= 15 is 0 Å². The van der Waals surface area contributed by atoms with Gasteiger partial charge in [-0.1, -0.05) is 18.2 Å². The number of aliphatic imine (C=N–C) groups is 1. The number of hydrogen-bond donors (Lipinski definition) is 2. The summed E-state index contributed by atoms with van der Waals surface area (Å²) in [5, 5.41) is 7.56. The van der Waals surface area contributed by atoms with E-state index in [0.29, 0.717) is 12.5 Å². The van der Waals surface area contributed by atoms with Crippen molar-refractivity contribution in [3.05, 3.63) is 36.5 Å². The van der Waals surface area contributed by atoms with Gasteiger partial charge < -0.3 is 15.2 Å². The van der Waals surface area contributed by atoms with Crippen molar-refractivity contribution in [2.24, 2.45) is 4.99 Å². The summed E-state index contributed by atoms with van der Waals surface area (Å²) < 4.78 is 25.7. The van der Waals surface area contributed by atoms with Crippen LogP contribution in [-0.2, 0) is 16.4 Å². The number of para-hydroxylation sites is 1. The maximum absolute atomic E-state index is 12.1. The van der Waals surface area contributed by atoms with Gasteiger partial charge in [-0.2, -0.15) is 0 Å². The molecule has 0 atom stereocenters. The van der Waals surface area contributed by atoms with E-state index in [0.717, 1.165) is 19.5 Å². The Morgan fingerprint density at radius 3 is 2.44 bits per heavy atom. The molecule has 6 nitrogen and oxygen atoms in total. The molecule has 0 aliphatic rings. The number of benzene rings is 1. The first-order valence-corrected chi connectivity index (χ1v) is 10.6. The highest BCUT2D eigenvalue weighted by atomic mass is 127. The fourth-order valence-electron chi connectivity index (χ4n) is 2.62. The summed E-state index contributed by atoms with van der Waals surface area (Å²) in [6.45, 7) is 7.19. The van der Waals surface area contributed by atoms with Crippen molar-refractivity contribution < 1.29 is 8.42 Å². The SMILES string of the molecule is CN=C(NCCCn1ccc2ccccc21)NCCS(=O)(=O)C(C)(C)C.I. The first kappa shape index (κ1) is 23.7. The van der Waals surface area contributed by atoms with Gasteiger partial charge >= 0.3 is 0 Å². The molecule has 0 radical (unpaired) electrons. The zero-order valence-corrected chi connectivity index (χ0v) is 19.7. The van der Waals surface area contributed by atoms with Gasteiger partial charge in [-0.15, -0.1) is 24.0 Å². The van der Waals surface area contributed by atoms with Gasteiger partial charge in [-0.3, -0.25) is 4.99 Å². The minimum Gasteiger partial charge on any atom is -0.356 e. The second-order valence-electron chi connectivity index (χ2n) is 7.28. The predicted molar refractivity (Wildman–Crippen MR) is 125 cm³/mol. The minimum atomic E-state index is -3.13. The van der Waals surface area contributed by atoms with Gasteiger partial charge in [0.25, 0.3) is 0 Å². The van der Waals surface area contributed by atoms with Crippen LogP contribution in [0.15, 0.2) is 41.5 Å². The normalized spacial score (nSPS) is 12.7. The van der Waals surface area contributed by atoms with Crippen molar-refractivity contribution in [3.63, 3.8) is 0 Å². The number of halogens is 1. The van der Waals surface area contributed by atoms with Crippen LogP contribution in [0, 0.1) is 0 Å². The van der Waals surface area contributed by atoms with Gasteiger partial charge in [0, 0.05) is 38.4 Å². The number of hydrogen-bond acceptors (Lipinski definition) is 3. The Hall–Kier alpha value is -1.29. The predicted octanol–water partition coefficient (Wildman–Crippen LogP) is 3.03. The minimum absolute atomic E-state index is 0. The molecule has 152 valence electrons. The number of aryl methyl sites for hydroxylation is 1. The molecular weight excluding hydrogens is 475 g/mol. The average Bonchev–Trinajstić information content (AvgIpc) is 2.99. The van der Waals surface area contributed by atoms with Gasteiger partial charge in [0.05, 0.1) is 10.5 Å². The zero-order chi connectivity index (χ0) is 19.2. The summed E-state index contributed by atoms with van der Waals surface area (Å²) in [6.07, 6.45) is 3.05. The second kappa shape index (κ2) is 10.3. The zero-order valence-electron chi connectivity index (χ0n) is 16.5. The van der Waals surface area contributed by atoms with Crippen LogP contribution in [0.25, 0.3) is 10.9 Å². The lowest BCUT2D eigenvalue weighted by Crippen LogP contribution is -2.42. The lowest BCUT2D eigenvalue weighted by atomic mass is 10.2. The molecule has 0 saturated heterocycles. The van der Waals surface area contributed by atoms with Gasteiger partial charge in [0.2, 0.25) is 0 Å². The molecule has 0 amide bonds. The van der Waals surface area contributed by atoms with Crippen LogP contribution in [0.5, 0.6) is 0 Å². The van der Waals surface area contributed by atoms with E-state index in [9.17, 15) is 8.42 Å². The Kier molecular flexibility index (Phi) is 9.07. The van der Waals surface area contributed by atoms with E-state index in [1.165, 1.54) is 10.9 Å². The Balaban J connectivity index is 0.00000364. The smallest absolute Gasteiger partial charge is 0.191 e. The van der Waals surface area contributed by atoms with Crippen LogP contribution in [-0.4, -0.2) is 49.6 Å². The monoisotopic (exact) mass is 506 g/mol. The van der Waals surface area contributed by atoms with E-state index in [1.807, 2.05) is 6.07 Å². The first-order valence-electron chi connectivity index (χ1n) is 8.95. The Morgan fingerprint density at radius 1 is 1.11 bits per heavy atom. The summed E-state index contributed by atoms with van der Waals surface area (Å²) >= 11 is 0. The molecule has 2 rings (SSSR count). The number of sulfone groups is 1. The summed E-state index contributed by atoms with van der Waals surface area (Å²) in [5.41, 5.74) is 1.24. The lowest BCUT2D eigenvalue weighted by molar-refractivity contribution is 0.559. The summed E-state index contributed by atoms with van der Waals surface area (Å²) in [6, 6.07) is 10.5. The fraction of sp³-hybridized carbons (Fsp3) is 0.526. The third-order valence-electron chi connectivity index (χ3n) is 4.37. The third-order valence-corrected chi connectivity index (χ3v) is 6.98. The van der Waals surface area contributed by atoms with E-state index in [2.05, 4.69) is 50.7 Å². The Morgan fingerprint density at radius 2 is 1.78 bits per heavy atom. The molecule has 1 aromatic carbocycles. The molecule has 0 aliphatic heterocycles. The highest BCUT2D eigenvalue weighted by molar-refractivity contribution is 14.0. The van der Waals surface area contributed by atoms with Crippen molar-refractivity contribution in [1.82, 2.24) is 15.2 Å². The quantitative estimate of drug-likeness (QED) is 0.262. The maximum Gasteiger partial charge on any atom is 0.191 e. The summed E-state index contributed by atoms with van der Waals surface area (Å²) in [4.78, 5) is 4.15. The number of nitrogens with zero attached hydrogens (tertiary/aromatic N) is 2. The molecule has 2 aromatic rings. The Labute approximate surface area is 179 Å². The highest BCUT2D eigenvalue weighted by Gasteiger charge is 2.28. The van der Waals surface area contributed by atoms with Crippen LogP contribution in [0.2, 0.25) is 0 Å². The number of aromatic nitrogens is 1. The van der Waals surface area contributed by atoms with E-state index in [4.69, 9.17) is 0 Å². The highest BCUT2D eigenvalue weighted by Crippen LogP contribution is 2.16. The van der Waals surface area contributed by atoms with Crippen molar-refractivity contribution in [2.75, 3.05) is 25.9 Å². The molecule has 0 unspecified atom stereocenters. The van der Waals surface area contributed by atoms with Gasteiger partial charge in [-0.05, 0) is 44.7 Å². The van der Waals surface area contributed by atoms with Crippen LogP contribution in [0.4, 0.5) is 0 Å². The van der Waals surface area contributed by atoms with E-state index in [-0.39, 0.29) is 29.7 Å². The summed E-state index contributed by atoms with van der Waals surface area (Å²) in [5.74, 6) is 0.721. The van der Waals surface area contributed by atoms with Crippen molar-refractivity contribution in [2.45, 2.75) is 38.5 Å². The number of guanidine groups is 1.